The van der Waals surface area contributed by atoms with Crippen LogP contribution in [-0.4, -0.2) is 36.6 Å². The summed E-state index contributed by atoms with van der Waals surface area (Å²) in [5.74, 6) is -2.35. The number of ether oxygens (including phenoxy) is 1. The van der Waals surface area contributed by atoms with Crippen LogP contribution in [0.15, 0.2) is 18.2 Å². The summed E-state index contributed by atoms with van der Waals surface area (Å²) in [5.41, 5.74) is -0.505. The average molecular weight is 284 g/mol. The van der Waals surface area contributed by atoms with Crippen molar-refractivity contribution in [1.29, 1.82) is 0 Å². The zero-order valence-electron chi connectivity index (χ0n) is 10.9. The van der Waals surface area contributed by atoms with E-state index in [1.54, 1.807) is 0 Å². The van der Waals surface area contributed by atoms with Crippen LogP contribution in [-0.2, 0) is 9.53 Å². The number of amides is 2. The van der Waals surface area contributed by atoms with Crippen molar-refractivity contribution in [3.8, 4) is 0 Å². The van der Waals surface area contributed by atoms with Gasteiger partial charge in [0.15, 0.2) is 0 Å². The molecule has 0 spiro atoms. The van der Waals surface area contributed by atoms with Crippen molar-refractivity contribution < 1.29 is 23.1 Å². The maximum absolute atomic E-state index is 13.5. The van der Waals surface area contributed by atoms with Crippen LogP contribution in [0.25, 0.3) is 0 Å². The molecule has 1 unspecified atom stereocenters. The fourth-order valence-corrected chi connectivity index (χ4v) is 2.20. The Hall–Kier alpha value is -2.18. The maximum Gasteiger partial charge on any atom is 0.410 e. The molecule has 20 heavy (non-hydrogen) atoms. The minimum Gasteiger partial charge on any atom is -0.453 e. The molecule has 7 heteroatoms. The molecule has 1 atom stereocenters. The van der Waals surface area contributed by atoms with Gasteiger partial charge in [-0.1, -0.05) is 6.07 Å². The first-order valence-electron chi connectivity index (χ1n) is 6.14. The molecule has 1 heterocycles. The molecule has 1 aliphatic heterocycles. The summed E-state index contributed by atoms with van der Waals surface area (Å²) in [5, 5.41) is 2.19. The van der Waals surface area contributed by atoms with Gasteiger partial charge in [-0.2, -0.15) is 0 Å². The van der Waals surface area contributed by atoms with Gasteiger partial charge in [0, 0.05) is 6.54 Å². The van der Waals surface area contributed by atoms with Crippen molar-refractivity contribution in [1.82, 2.24) is 4.90 Å². The average Bonchev–Trinajstić information content (AvgIpc) is 2.91. The summed E-state index contributed by atoms with van der Waals surface area (Å²) >= 11 is 0. The number of halogens is 2. The van der Waals surface area contributed by atoms with Crippen LogP contribution in [0.5, 0.6) is 0 Å². The number of para-hydroxylation sites is 1. The van der Waals surface area contributed by atoms with Gasteiger partial charge in [-0.15, -0.1) is 0 Å². The van der Waals surface area contributed by atoms with E-state index in [1.807, 2.05) is 0 Å². The Kier molecular flexibility index (Phi) is 4.16. The van der Waals surface area contributed by atoms with E-state index in [2.05, 4.69) is 10.1 Å². The van der Waals surface area contributed by atoms with Crippen LogP contribution in [0.1, 0.15) is 12.8 Å². The summed E-state index contributed by atoms with van der Waals surface area (Å²) in [6, 6.07) is 2.52. The van der Waals surface area contributed by atoms with Crippen LogP contribution in [0, 0.1) is 11.6 Å². The highest BCUT2D eigenvalue weighted by Crippen LogP contribution is 2.22. The molecule has 1 aromatic carbocycles. The van der Waals surface area contributed by atoms with E-state index in [4.69, 9.17) is 0 Å². The predicted molar refractivity (Wildman–Crippen MR) is 67.1 cm³/mol. The molecule has 108 valence electrons. The molecule has 1 N–H and O–H groups in total. The van der Waals surface area contributed by atoms with Gasteiger partial charge in [-0.05, 0) is 25.0 Å². The van der Waals surface area contributed by atoms with E-state index in [9.17, 15) is 18.4 Å². The van der Waals surface area contributed by atoms with Gasteiger partial charge < -0.3 is 10.1 Å². The minimum atomic E-state index is -0.860. The Morgan fingerprint density at radius 1 is 1.35 bits per heavy atom. The molecule has 1 aromatic rings. The molecule has 0 bridgehead atoms. The summed E-state index contributed by atoms with van der Waals surface area (Å²) in [7, 11) is 1.21. The van der Waals surface area contributed by atoms with Gasteiger partial charge >= 0.3 is 6.09 Å². The third kappa shape index (κ3) is 2.71. The minimum absolute atomic E-state index is 0.379. The van der Waals surface area contributed by atoms with Crippen molar-refractivity contribution >= 4 is 17.7 Å². The molecule has 1 fully saturated rings. The second-order valence-corrected chi connectivity index (χ2v) is 4.41. The van der Waals surface area contributed by atoms with Crippen molar-refractivity contribution in [2.24, 2.45) is 0 Å². The lowest BCUT2D eigenvalue weighted by Gasteiger charge is -2.22. The first kappa shape index (κ1) is 14.2. The van der Waals surface area contributed by atoms with Crippen LogP contribution < -0.4 is 5.32 Å². The number of rotatable bonds is 2. The molecule has 1 saturated heterocycles. The summed E-state index contributed by atoms with van der Waals surface area (Å²) in [6.45, 7) is 0.379. The Morgan fingerprint density at radius 2 is 2.00 bits per heavy atom. The van der Waals surface area contributed by atoms with Gasteiger partial charge in [0.05, 0.1) is 7.11 Å². The molecular formula is C13H14F2N2O3. The number of nitrogens with one attached hydrogen (secondary N) is 1. The van der Waals surface area contributed by atoms with E-state index in [0.717, 1.165) is 12.1 Å². The van der Waals surface area contributed by atoms with Crippen LogP contribution in [0.4, 0.5) is 19.3 Å². The lowest BCUT2D eigenvalue weighted by molar-refractivity contribution is -0.120. The number of carbonyl (C=O) groups excluding carboxylic acids is 2. The lowest BCUT2D eigenvalue weighted by atomic mass is 10.2. The molecule has 2 amide bonds. The zero-order chi connectivity index (χ0) is 14.7. The summed E-state index contributed by atoms with van der Waals surface area (Å²) in [6.07, 6.45) is 0.431. The van der Waals surface area contributed by atoms with Crippen molar-refractivity contribution in [3.63, 3.8) is 0 Å². The second kappa shape index (κ2) is 5.85. The predicted octanol–water partition coefficient (Wildman–Crippen LogP) is 2.13. The standard InChI is InChI=1S/C13H14F2N2O3/c1-20-13(19)17-7-3-6-10(17)12(18)16-11-8(14)4-2-5-9(11)15/h2,4-5,10H,3,6-7H2,1H3,(H,16,18). The smallest absolute Gasteiger partial charge is 0.410 e. The number of carbonyl (C=O) groups is 2. The molecule has 0 aliphatic carbocycles. The normalized spacial score (nSPS) is 17.9. The molecule has 1 aliphatic rings. The SMILES string of the molecule is COC(=O)N1CCCC1C(=O)Nc1c(F)cccc1F. The number of anilines is 1. The van der Waals surface area contributed by atoms with Crippen molar-refractivity contribution in [2.75, 3.05) is 19.0 Å². The summed E-state index contributed by atoms with van der Waals surface area (Å²) in [4.78, 5) is 24.8. The number of benzene rings is 1. The fourth-order valence-electron chi connectivity index (χ4n) is 2.20. The molecule has 2 rings (SSSR count). The third-order valence-electron chi connectivity index (χ3n) is 3.18. The lowest BCUT2D eigenvalue weighted by Crippen LogP contribution is -2.43. The molecular weight excluding hydrogens is 270 g/mol. The number of nitrogens with zero attached hydrogens (tertiary/aromatic N) is 1. The number of methoxy groups -OCH3 is 1. The van der Waals surface area contributed by atoms with E-state index in [1.165, 1.54) is 18.1 Å². The topological polar surface area (TPSA) is 58.6 Å². The van der Waals surface area contributed by atoms with Crippen molar-refractivity contribution in [2.45, 2.75) is 18.9 Å². The van der Waals surface area contributed by atoms with Crippen molar-refractivity contribution in [3.05, 3.63) is 29.8 Å². The fraction of sp³-hybridized carbons (Fsp3) is 0.385. The molecule has 0 radical (unpaired) electrons. The Balaban J connectivity index is 2.14. The van der Waals surface area contributed by atoms with E-state index >= 15 is 0 Å². The highest BCUT2D eigenvalue weighted by molar-refractivity contribution is 5.97. The van der Waals surface area contributed by atoms with Gasteiger partial charge in [0.2, 0.25) is 5.91 Å². The quantitative estimate of drug-likeness (QED) is 0.905. The monoisotopic (exact) mass is 284 g/mol. The van der Waals surface area contributed by atoms with Gasteiger partial charge in [0.1, 0.15) is 23.4 Å². The van der Waals surface area contributed by atoms with E-state index in [0.29, 0.717) is 19.4 Å². The molecule has 5 nitrogen and oxygen atoms in total. The Morgan fingerprint density at radius 3 is 2.60 bits per heavy atom. The number of hydrogen-bond acceptors (Lipinski definition) is 3. The van der Waals surface area contributed by atoms with Crippen LogP contribution in [0.2, 0.25) is 0 Å². The summed E-state index contributed by atoms with van der Waals surface area (Å²) < 4.78 is 31.5. The maximum atomic E-state index is 13.5. The highest BCUT2D eigenvalue weighted by atomic mass is 19.1. The molecule has 0 saturated carbocycles. The third-order valence-corrected chi connectivity index (χ3v) is 3.18. The van der Waals surface area contributed by atoms with E-state index < -0.39 is 35.4 Å². The Labute approximate surface area is 114 Å². The van der Waals surface area contributed by atoms with Gasteiger partial charge in [-0.25, -0.2) is 13.6 Å². The first-order valence-corrected chi connectivity index (χ1v) is 6.14. The molecule has 0 aromatic heterocycles. The second-order valence-electron chi connectivity index (χ2n) is 4.41. The Bertz CT molecular complexity index is 516. The number of likely N-dealkylation sites (tertiary alicyclic amines) is 1. The zero-order valence-corrected chi connectivity index (χ0v) is 10.9. The number of hydrogen-bond donors (Lipinski definition) is 1. The van der Waals surface area contributed by atoms with Gasteiger partial charge in [-0.3, -0.25) is 9.69 Å². The van der Waals surface area contributed by atoms with E-state index in [-0.39, 0.29) is 0 Å². The highest BCUT2D eigenvalue weighted by Gasteiger charge is 2.35. The van der Waals surface area contributed by atoms with Crippen LogP contribution in [0.3, 0.4) is 0 Å². The van der Waals surface area contributed by atoms with Gasteiger partial charge in [0.25, 0.3) is 0 Å². The first-order chi connectivity index (χ1) is 9.54. The largest absolute Gasteiger partial charge is 0.453 e. The van der Waals surface area contributed by atoms with Crippen LogP contribution >= 0.6 is 0 Å².